The van der Waals surface area contributed by atoms with Crippen LogP contribution in [0.15, 0.2) is 60.7 Å². The van der Waals surface area contributed by atoms with Gasteiger partial charge in [-0.2, -0.15) is 0 Å². The molecule has 0 aromatic heterocycles. The first-order chi connectivity index (χ1) is 8.38. The maximum absolute atomic E-state index is 5.20. The van der Waals surface area contributed by atoms with E-state index >= 15 is 0 Å². The van der Waals surface area contributed by atoms with Crippen LogP contribution in [0.25, 0.3) is 11.1 Å². The largest absolute Gasteiger partial charge is 0.427 e. The highest BCUT2D eigenvalue weighted by molar-refractivity contribution is 6.18. The van der Waals surface area contributed by atoms with Crippen LogP contribution in [0.3, 0.4) is 0 Å². The van der Waals surface area contributed by atoms with Crippen LogP contribution in [-0.2, 0) is 4.43 Å². The lowest BCUT2D eigenvalue weighted by Gasteiger charge is -1.98. The molecule has 1 nitrogen and oxygen atoms in total. The number of hydrogen-bond acceptors (Lipinski definition) is 1. The molecule has 0 radical (unpaired) electrons. The summed E-state index contributed by atoms with van der Waals surface area (Å²) < 4.78 is 4.70. The molecular weight excluding hydrogens is 248 g/mol. The molecule has 0 heterocycles. The molecule has 0 amide bonds. The first-order valence-corrected chi connectivity index (χ1v) is 6.89. The minimum absolute atomic E-state index is 0.628. The molecular formula is C14H17ClOSi. The molecule has 0 N–H and O–H groups in total. The first kappa shape index (κ1) is 14.0. The summed E-state index contributed by atoms with van der Waals surface area (Å²) in [7, 11) is 0.814. The van der Waals surface area contributed by atoms with Gasteiger partial charge in [-0.1, -0.05) is 60.7 Å². The molecule has 0 saturated carbocycles. The second-order valence-corrected chi connectivity index (χ2v) is 4.37. The molecule has 0 aliphatic carbocycles. The molecule has 0 spiro atoms. The number of hydrogen-bond donors (Lipinski definition) is 0. The van der Waals surface area contributed by atoms with Crippen molar-refractivity contribution >= 4 is 22.1 Å². The van der Waals surface area contributed by atoms with Crippen LogP contribution >= 0.6 is 11.6 Å². The minimum Gasteiger partial charge on any atom is -0.427 e. The van der Waals surface area contributed by atoms with Gasteiger partial charge in [0.15, 0.2) is 0 Å². The van der Waals surface area contributed by atoms with E-state index in [2.05, 4.69) is 48.5 Å². The van der Waals surface area contributed by atoms with Gasteiger partial charge in [0.1, 0.15) is 10.5 Å². The third-order valence-electron chi connectivity index (χ3n) is 2.16. The zero-order valence-corrected chi connectivity index (χ0v) is 12.7. The highest BCUT2D eigenvalue weighted by atomic mass is 35.5. The molecule has 2 aromatic rings. The third-order valence-corrected chi connectivity index (χ3v) is 2.72. The Bertz CT molecular complexity index is 352. The van der Waals surface area contributed by atoms with E-state index < -0.39 is 0 Å². The van der Waals surface area contributed by atoms with Crippen molar-refractivity contribution in [3.63, 3.8) is 0 Å². The normalized spacial score (nSPS) is 9.47. The zero-order chi connectivity index (χ0) is 12.3. The fourth-order valence-electron chi connectivity index (χ4n) is 1.34. The van der Waals surface area contributed by atoms with Crippen LogP contribution < -0.4 is 0 Å². The van der Waals surface area contributed by atoms with Crippen LogP contribution in [-0.4, -0.2) is 23.0 Å². The van der Waals surface area contributed by atoms with Crippen molar-refractivity contribution < 1.29 is 4.43 Å². The molecule has 3 heteroatoms. The molecule has 0 bridgehead atoms. The van der Waals surface area contributed by atoms with E-state index in [1.807, 2.05) is 12.1 Å². The Morgan fingerprint density at radius 2 is 1.24 bits per heavy atom. The van der Waals surface area contributed by atoms with Crippen molar-refractivity contribution in [2.24, 2.45) is 0 Å². The summed E-state index contributed by atoms with van der Waals surface area (Å²) in [6.45, 7) is 0.716. The van der Waals surface area contributed by atoms with Gasteiger partial charge in [0.25, 0.3) is 0 Å². The van der Waals surface area contributed by atoms with Crippen LogP contribution in [0.1, 0.15) is 0 Å². The van der Waals surface area contributed by atoms with Crippen LogP contribution in [0.5, 0.6) is 0 Å². The number of rotatable bonds is 3. The van der Waals surface area contributed by atoms with Crippen molar-refractivity contribution in [2.75, 3.05) is 12.5 Å². The minimum atomic E-state index is 0.628. The molecule has 0 saturated heterocycles. The van der Waals surface area contributed by atoms with Crippen molar-refractivity contribution in [1.82, 2.24) is 0 Å². The lowest BCUT2D eigenvalue weighted by Crippen LogP contribution is -1.87. The Morgan fingerprint density at radius 3 is 1.47 bits per heavy atom. The predicted octanol–water partition coefficient (Wildman–Crippen LogP) is 2.88. The number of benzene rings is 2. The molecule has 0 fully saturated rings. The zero-order valence-electron chi connectivity index (χ0n) is 9.97. The summed E-state index contributed by atoms with van der Waals surface area (Å²) >= 11 is 5.20. The van der Waals surface area contributed by atoms with Crippen molar-refractivity contribution in [3.05, 3.63) is 60.7 Å². The summed E-state index contributed by atoms with van der Waals surface area (Å²) in [6, 6.07) is 20.8. The van der Waals surface area contributed by atoms with E-state index in [1.165, 1.54) is 11.1 Å². The number of halogens is 1. The van der Waals surface area contributed by atoms with Crippen molar-refractivity contribution in [3.8, 4) is 11.1 Å². The van der Waals surface area contributed by atoms with Gasteiger partial charge in [0.05, 0.1) is 0 Å². The molecule has 2 rings (SSSR count). The molecule has 0 aliphatic heterocycles. The fraction of sp³-hybridized carbons (Fsp3) is 0.143. The van der Waals surface area contributed by atoms with Gasteiger partial charge in [-0.05, 0) is 11.1 Å². The molecule has 90 valence electrons. The van der Waals surface area contributed by atoms with Crippen molar-refractivity contribution in [2.45, 2.75) is 0 Å². The standard InChI is InChI=1S/C12H10.C2H7ClOSi/c1-3-7-11(8-4-1)12-9-5-2-6-10-12;3-1-2-4-5/h1-10H;1-2H2,5H3. The Hall–Kier alpha value is -1.09. The number of alkyl halides is 1. The second kappa shape index (κ2) is 8.99. The molecule has 0 unspecified atom stereocenters. The summed E-state index contributed by atoms with van der Waals surface area (Å²) in [6.07, 6.45) is 0. The lowest BCUT2D eigenvalue weighted by atomic mass is 10.1. The van der Waals surface area contributed by atoms with Gasteiger partial charge >= 0.3 is 0 Å². The second-order valence-electron chi connectivity index (χ2n) is 3.41. The topological polar surface area (TPSA) is 9.23 Å². The molecule has 0 atom stereocenters. The van der Waals surface area contributed by atoms with Gasteiger partial charge < -0.3 is 4.43 Å². The van der Waals surface area contributed by atoms with E-state index in [-0.39, 0.29) is 0 Å². The smallest absolute Gasteiger partial charge is 0.146 e. The lowest BCUT2D eigenvalue weighted by molar-refractivity contribution is 0.378. The SMILES string of the molecule is [SiH3]OCCCl.c1ccc(-c2ccccc2)cc1. The fourth-order valence-corrected chi connectivity index (χ4v) is 1.96. The first-order valence-electron chi connectivity index (χ1n) is 5.54. The van der Waals surface area contributed by atoms with Crippen molar-refractivity contribution in [1.29, 1.82) is 0 Å². The molecule has 2 aromatic carbocycles. The Balaban J connectivity index is 0.000000249. The van der Waals surface area contributed by atoms with Gasteiger partial charge in [-0.3, -0.25) is 0 Å². The summed E-state index contributed by atoms with van der Waals surface area (Å²) in [5, 5.41) is 0. The molecule has 17 heavy (non-hydrogen) atoms. The Labute approximate surface area is 111 Å². The highest BCUT2D eigenvalue weighted by Crippen LogP contribution is 2.17. The van der Waals surface area contributed by atoms with Gasteiger partial charge in [-0.25, -0.2) is 0 Å². The maximum Gasteiger partial charge on any atom is 0.146 e. The average molecular weight is 265 g/mol. The van der Waals surface area contributed by atoms with Crippen LogP contribution in [0.2, 0.25) is 0 Å². The third kappa shape index (κ3) is 5.68. The Kier molecular flexibility index (Phi) is 7.39. The van der Waals surface area contributed by atoms with Gasteiger partial charge in [-0.15, -0.1) is 11.6 Å². The highest BCUT2D eigenvalue weighted by Gasteiger charge is 1.91. The van der Waals surface area contributed by atoms with E-state index in [9.17, 15) is 0 Å². The maximum atomic E-state index is 5.20. The van der Waals surface area contributed by atoms with Crippen LogP contribution in [0, 0.1) is 0 Å². The quantitative estimate of drug-likeness (QED) is 0.612. The average Bonchev–Trinajstić information content (AvgIpc) is 2.42. The van der Waals surface area contributed by atoms with Gasteiger partial charge in [0, 0.05) is 12.5 Å². The summed E-state index contributed by atoms with van der Waals surface area (Å²) in [5.74, 6) is 0.628. The monoisotopic (exact) mass is 264 g/mol. The Morgan fingerprint density at radius 1 is 0.824 bits per heavy atom. The van der Waals surface area contributed by atoms with E-state index in [0.29, 0.717) is 12.5 Å². The van der Waals surface area contributed by atoms with E-state index in [4.69, 9.17) is 16.0 Å². The van der Waals surface area contributed by atoms with Crippen LogP contribution in [0.4, 0.5) is 0 Å². The summed E-state index contributed by atoms with van der Waals surface area (Å²) in [5.41, 5.74) is 2.55. The summed E-state index contributed by atoms with van der Waals surface area (Å²) in [4.78, 5) is 0. The van der Waals surface area contributed by atoms with E-state index in [0.717, 1.165) is 10.5 Å². The van der Waals surface area contributed by atoms with E-state index in [1.54, 1.807) is 0 Å². The molecule has 0 aliphatic rings. The predicted molar refractivity (Wildman–Crippen MR) is 78.5 cm³/mol. The van der Waals surface area contributed by atoms with Gasteiger partial charge in [0.2, 0.25) is 0 Å².